The molecule has 5 nitrogen and oxygen atoms in total. The summed E-state index contributed by atoms with van der Waals surface area (Å²) in [6.45, 7) is 1.80. The molecule has 0 spiro atoms. The van der Waals surface area contributed by atoms with Gasteiger partial charge in [0.1, 0.15) is 10.9 Å². The average molecular weight is 375 g/mol. The molecule has 1 aromatic heterocycles. The first kappa shape index (κ1) is 17.1. The molecule has 0 bridgehead atoms. The molecule has 1 amide bonds. The van der Waals surface area contributed by atoms with Gasteiger partial charge in [-0.3, -0.25) is 4.79 Å². The molecule has 0 fully saturated rings. The second-order valence-corrected chi connectivity index (χ2v) is 6.40. The maximum atomic E-state index is 13.1. The van der Waals surface area contributed by atoms with E-state index >= 15 is 0 Å². The number of rotatable bonds is 3. The van der Waals surface area contributed by atoms with Crippen LogP contribution in [-0.2, 0) is 4.79 Å². The maximum Gasteiger partial charge on any atom is 0.285 e. The Morgan fingerprint density at radius 1 is 0.963 bits per heavy atom. The molecular formula is C21H15ClN4O. The molecule has 0 atom stereocenters. The van der Waals surface area contributed by atoms with Crippen LogP contribution in [0.3, 0.4) is 0 Å². The molecule has 0 N–H and O–H groups in total. The van der Waals surface area contributed by atoms with Crippen molar-refractivity contribution in [3.63, 3.8) is 0 Å². The number of anilines is 1. The fourth-order valence-electron chi connectivity index (χ4n) is 2.81. The van der Waals surface area contributed by atoms with E-state index in [1.807, 2.05) is 60.7 Å². The van der Waals surface area contributed by atoms with Gasteiger partial charge in [0.2, 0.25) is 5.95 Å². The zero-order valence-electron chi connectivity index (χ0n) is 14.5. The first-order valence-electron chi connectivity index (χ1n) is 8.38. The lowest BCUT2D eigenvalue weighted by molar-refractivity contribution is -0.113. The molecule has 0 saturated carbocycles. The van der Waals surface area contributed by atoms with E-state index in [4.69, 9.17) is 11.6 Å². The van der Waals surface area contributed by atoms with Crippen molar-refractivity contribution in [2.24, 2.45) is 4.99 Å². The molecule has 1 aliphatic heterocycles. The van der Waals surface area contributed by atoms with Crippen LogP contribution < -0.4 is 4.90 Å². The SMILES string of the molecule is Cc1cc(Cl)nc(N2C(=O)/C(=C\c3ccccc3)N=C2c2ccccc2)n1. The molecule has 0 unspecified atom stereocenters. The quantitative estimate of drug-likeness (QED) is 0.508. The summed E-state index contributed by atoms with van der Waals surface area (Å²) in [6.07, 6.45) is 1.75. The highest BCUT2D eigenvalue weighted by atomic mass is 35.5. The number of aliphatic imine (C=N–C) groups is 1. The molecule has 1 aliphatic rings. The van der Waals surface area contributed by atoms with E-state index in [9.17, 15) is 4.79 Å². The smallest absolute Gasteiger partial charge is 0.266 e. The lowest BCUT2D eigenvalue weighted by Gasteiger charge is -2.16. The number of hydrogen-bond acceptors (Lipinski definition) is 4. The van der Waals surface area contributed by atoms with Gasteiger partial charge in [-0.15, -0.1) is 0 Å². The Labute approximate surface area is 161 Å². The number of hydrogen-bond donors (Lipinski definition) is 0. The van der Waals surface area contributed by atoms with Gasteiger partial charge in [-0.05, 0) is 24.6 Å². The van der Waals surface area contributed by atoms with Crippen LogP contribution in [0.1, 0.15) is 16.8 Å². The molecule has 0 radical (unpaired) electrons. The van der Waals surface area contributed by atoms with E-state index in [1.54, 1.807) is 19.1 Å². The number of amides is 1. The third-order valence-corrected chi connectivity index (χ3v) is 4.20. The predicted molar refractivity (Wildman–Crippen MR) is 107 cm³/mol. The Morgan fingerprint density at radius 2 is 1.63 bits per heavy atom. The number of nitrogens with zero attached hydrogens (tertiary/aromatic N) is 4. The zero-order valence-corrected chi connectivity index (χ0v) is 15.3. The van der Waals surface area contributed by atoms with Crippen molar-refractivity contribution >= 4 is 35.4 Å². The van der Waals surface area contributed by atoms with Crippen molar-refractivity contribution in [2.75, 3.05) is 4.90 Å². The summed E-state index contributed by atoms with van der Waals surface area (Å²) in [6, 6.07) is 20.7. The largest absolute Gasteiger partial charge is 0.285 e. The van der Waals surface area contributed by atoms with Gasteiger partial charge in [-0.25, -0.2) is 19.9 Å². The Morgan fingerprint density at radius 3 is 2.30 bits per heavy atom. The van der Waals surface area contributed by atoms with Crippen LogP contribution in [0.15, 0.2) is 77.4 Å². The van der Waals surface area contributed by atoms with Crippen LogP contribution in [0.4, 0.5) is 5.95 Å². The van der Waals surface area contributed by atoms with Gasteiger partial charge in [-0.2, -0.15) is 0 Å². The molecule has 132 valence electrons. The zero-order chi connectivity index (χ0) is 18.8. The van der Waals surface area contributed by atoms with E-state index in [1.165, 1.54) is 4.90 Å². The third-order valence-electron chi connectivity index (χ3n) is 4.01. The lowest BCUT2D eigenvalue weighted by Crippen LogP contribution is -2.34. The van der Waals surface area contributed by atoms with Gasteiger partial charge in [0.15, 0.2) is 5.84 Å². The molecule has 27 heavy (non-hydrogen) atoms. The van der Waals surface area contributed by atoms with E-state index in [0.29, 0.717) is 17.2 Å². The molecule has 3 aromatic rings. The fourth-order valence-corrected chi connectivity index (χ4v) is 3.04. The summed E-state index contributed by atoms with van der Waals surface area (Å²) < 4.78 is 0. The summed E-state index contributed by atoms with van der Waals surface area (Å²) in [5.74, 6) is 0.396. The second kappa shape index (κ2) is 7.13. The van der Waals surface area contributed by atoms with Crippen molar-refractivity contribution in [3.8, 4) is 0 Å². The molecule has 0 aliphatic carbocycles. The Bertz CT molecular complexity index is 1040. The van der Waals surface area contributed by atoms with Gasteiger partial charge >= 0.3 is 0 Å². The van der Waals surface area contributed by atoms with Gasteiger partial charge in [0, 0.05) is 11.3 Å². The first-order chi connectivity index (χ1) is 13.1. The van der Waals surface area contributed by atoms with Crippen molar-refractivity contribution < 1.29 is 4.79 Å². The van der Waals surface area contributed by atoms with Gasteiger partial charge in [0.25, 0.3) is 5.91 Å². The van der Waals surface area contributed by atoms with Crippen molar-refractivity contribution in [1.82, 2.24) is 9.97 Å². The molecule has 0 saturated heterocycles. The van der Waals surface area contributed by atoms with E-state index in [-0.39, 0.29) is 17.0 Å². The maximum absolute atomic E-state index is 13.1. The monoisotopic (exact) mass is 374 g/mol. The lowest BCUT2D eigenvalue weighted by atomic mass is 10.2. The number of benzene rings is 2. The summed E-state index contributed by atoms with van der Waals surface area (Å²) in [7, 11) is 0. The summed E-state index contributed by atoms with van der Waals surface area (Å²) in [5, 5.41) is 0.276. The van der Waals surface area contributed by atoms with E-state index in [0.717, 1.165) is 11.1 Å². The summed E-state index contributed by atoms with van der Waals surface area (Å²) in [5.41, 5.74) is 2.68. The van der Waals surface area contributed by atoms with E-state index < -0.39 is 0 Å². The molecule has 2 heterocycles. The topological polar surface area (TPSA) is 58.5 Å². The number of carbonyl (C=O) groups is 1. The first-order valence-corrected chi connectivity index (χ1v) is 8.76. The minimum atomic E-state index is -0.292. The van der Waals surface area contributed by atoms with Crippen molar-refractivity contribution in [3.05, 3.63) is 94.4 Å². The Kier molecular flexibility index (Phi) is 4.52. The summed E-state index contributed by atoms with van der Waals surface area (Å²) >= 11 is 6.09. The molecular weight excluding hydrogens is 360 g/mol. The predicted octanol–water partition coefficient (Wildman–Crippen LogP) is 4.27. The van der Waals surface area contributed by atoms with Crippen molar-refractivity contribution in [2.45, 2.75) is 6.92 Å². The molecule has 4 rings (SSSR count). The van der Waals surface area contributed by atoms with Crippen LogP contribution in [-0.4, -0.2) is 21.7 Å². The highest BCUT2D eigenvalue weighted by molar-refractivity contribution is 6.33. The number of aryl methyl sites for hydroxylation is 1. The highest BCUT2D eigenvalue weighted by Gasteiger charge is 2.34. The Hall–Kier alpha value is -3.31. The van der Waals surface area contributed by atoms with Crippen molar-refractivity contribution in [1.29, 1.82) is 0 Å². The van der Waals surface area contributed by atoms with Gasteiger partial charge < -0.3 is 0 Å². The second-order valence-electron chi connectivity index (χ2n) is 6.01. The summed E-state index contributed by atoms with van der Waals surface area (Å²) in [4.78, 5) is 27.7. The van der Waals surface area contributed by atoms with Gasteiger partial charge in [0.05, 0.1) is 0 Å². The molecule has 2 aromatic carbocycles. The number of carbonyl (C=O) groups excluding carboxylic acids is 1. The minimum absolute atomic E-state index is 0.212. The average Bonchev–Trinajstić information content (AvgIpc) is 2.99. The van der Waals surface area contributed by atoms with Gasteiger partial charge in [-0.1, -0.05) is 72.3 Å². The molecule has 6 heteroatoms. The van der Waals surface area contributed by atoms with Crippen LogP contribution in [0.5, 0.6) is 0 Å². The van der Waals surface area contributed by atoms with Crippen LogP contribution >= 0.6 is 11.6 Å². The van der Waals surface area contributed by atoms with E-state index in [2.05, 4.69) is 15.0 Å². The fraction of sp³-hybridized carbons (Fsp3) is 0.0476. The third kappa shape index (κ3) is 3.50. The standard InChI is InChI=1S/C21H15ClN4O/c1-14-12-18(22)25-21(23-14)26-19(16-10-6-3-7-11-16)24-17(20(26)27)13-15-8-4-2-5-9-15/h2-13H,1H3/b17-13+. The van der Waals surface area contributed by atoms with Crippen LogP contribution in [0, 0.1) is 6.92 Å². The number of halogens is 1. The van der Waals surface area contributed by atoms with Crippen LogP contribution in [0.2, 0.25) is 5.15 Å². The Balaban J connectivity index is 1.85. The van der Waals surface area contributed by atoms with Crippen LogP contribution in [0.25, 0.3) is 6.08 Å². The highest BCUT2D eigenvalue weighted by Crippen LogP contribution is 2.26. The normalized spacial score (nSPS) is 15.3. The number of amidine groups is 1. The minimum Gasteiger partial charge on any atom is -0.266 e. The number of aromatic nitrogens is 2.